The zero-order chi connectivity index (χ0) is 13.8. The number of aromatic carboxylic acids is 1. The number of hydrogen-bond donors (Lipinski definition) is 1. The number of carbonyl (C=O) groups is 1. The number of rotatable bonds is 4. The molecule has 19 heavy (non-hydrogen) atoms. The second-order valence-corrected chi connectivity index (χ2v) is 4.68. The van der Waals surface area contributed by atoms with Crippen LogP contribution in [-0.4, -0.2) is 11.1 Å². The third-order valence-electron chi connectivity index (χ3n) is 2.52. The highest BCUT2D eigenvalue weighted by Crippen LogP contribution is 2.22. The molecule has 0 saturated heterocycles. The molecule has 0 heterocycles. The topological polar surface area (TPSA) is 46.5 Å². The Labute approximate surface area is 117 Å². The molecule has 0 unspecified atom stereocenters. The Hall–Kier alpha value is -1.88. The minimum atomic E-state index is -1.17. The summed E-state index contributed by atoms with van der Waals surface area (Å²) >= 11 is 3.37. The van der Waals surface area contributed by atoms with E-state index in [9.17, 15) is 9.18 Å². The summed E-state index contributed by atoms with van der Waals surface area (Å²) in [6.45, 7) is 0.199. The van der Waals surface area contributed by atoms with Gasteiger partial charge in [-0.15, -0.1) is 0 Å². The Balaban J connectivity index is 2.12. The van der Waals surface area contributed by atoms with Gasteiger partial charge in [-0.25, -0.2) is 9.18 Å². The highest BCUT2D eigenvalue weighted by Gasteiger charge is 2.09. The lowest BCUT2D eigenvalue weighted by atomic mass is 10.2. The van der Waals surface area contributed by atoms with E-state index in [4.69, 9.17) is 9.84 Å². The second kappa shape index (κ2) is 5.84. The van der Waals surface area contributed by atoms with Gasteiger partial charge in [0.05, 0.1) is 5.56 Å². The molecule has 0 fully saturated rings. The van der Waals surface area contributed by atoms with Crippen molar-refractivity contribution in [1.29, 1.82) is 0 Å². The van der Waals surface area contributed by atoms with E-state index in [0.717, 1.165) is 16.1 Å². The molecule has 2 rings (SSSR count). The molecule has 0 aliphatic rings. The van der Waals surface area contributed by atoms with Gasteiger partial charge in [0.1, 0.15) is 6.61 Å². The van der Waals surface area contributed by atoms with Gasteiger partial charge >= 0.3 is 5.97 Å². The van der Waals surface area contributed by atoms with Crippen LogP contribution in [0.4, 0.5) is 4.39 Å². The van der Waals surface area contributed by atoms with Crippen molar-refractivity contribution in [2.45, 2.75) is 6.61 Å². The highest BCUT2D eigenvalue weighted by atomic mass is 79.9. The molecule has 0 aliphatic carbocycles. The van der Waals surface area contributed by atoms with Crippen molar-refractivity contribution in [2.75, 3.05) is 0 Å². The fourth-order valence-corrected chi connectivity index (χ4v) is 1.92. The predicted octanol–water partition coefficient (Wildman–Crippen LogP) is 3.87. The Morgan fingerprint density at radius 2 is 2.00 bits per heavy atom. The molecule has 3 nitrogen and oxygen atoms in total. The number of carboxylic acid groups (broad SMARTS) is 1. The Bertz CT molecular complexity index is 613. The minimum Gasteiger partial charge on any atom is -0.486 e. The van der Waals surface area contributed by atoms with Crippen molar-refractivity contribution in [3.8, 4) is 5.75 Å². The van der Waals surface area contributed by atoms with Crippen LogP contribution in [0.25, 0.3) is 0 Å². The Kier molecular flexibility index (Phi) is 4.16. The first-order valence-corrected chi connectivity index (χ1v) is 6.26. The van der Waals surface area contributed by atoms with Crippen molar-refractivity contribution < 1.29 is 19.0 Å². The van der Waals surface area contributed by atoms with Crippen LogP contribution in [0.5, 0.6) is 5.75 Å². The average Bonchev–Trinajstić information content (AvgIpc) is 2.39. The van der Waals surface area contributed by atoms with Crippen LogP contribution in [0, 0.1) is 5.82 Å². The molecule has 2 aromatic rings. The molecule has 2 aromatic carbocycles. The van der Waals surface area contributed by atoms with Gasteiger partial charge in [0.25, 0.3) is 0 Å². The lowest BCUT2D eigenvalue weighted by molar-refractivity contribution is 0.0696. The summed E-state index contributed by atoms with van der Waals surface area (Å²) in [6, 6.07) is 11.0. The first kappa shape index (κ1) is 13.5. The maximum Gasteiger partial charge on any atom is 0.335 e. The van der Waals surface area contributed by atoms with Crippen LogP contribution in [0.1, 0.15) is 15.9 Å². The van der Waals surface area contributed by atoms with Gasteiger partial charge in [-0.3, -0.25) is 0 Å². The van der Waals surface area contributed by atoms with Gasteiger partial charge in [0.2, 0.25) is 0 Å². The van der Waals surface area contributed by atoms with Crippen molar-refractivity contribution in [3.05, 3.63) is 63.9 Å². The lowest BCUT2D eigenvalue weighted by Gasteiger charge is -2.09. The largest absolute Gasteiger partial charge is 0.486 e. The van der Waals surface area contributed by atoms with Crippen molar-refractivity contribution in [3.63, 3.8) is 0 Å². The van der Waals surface area contributed by atoms with Gasteiger partial charge in [-0.1, -0.05) is 34.1 Å². The van der Waals surface area contributed by atoms with E-state index in [1.165, 1.54) is 12.1 Å². The zero-order valence-electron chi connectivity index (χ0n) is 9.77. The summed E-state index contributed by atoms with van der Waals surface area (Å²) in [6.07, 6.45) is 0. The fraction of sp³-hybridized carbons (Fsp3) is 0.0714. The maximum absolute atomic E-state index is 13.6. The zero-order valence-corrected chi connectivity index (χ0v) is 11.4. The Morgan fingerprint density at radius 3 is 2.63 bits per heavy atom. The monoisotopic (exact) mass is 324 g/mol. The summed E-state index contributed by atoms with van der Waals surface area (Å²) in [4.78, 5) is 10.7. The van der Waals surface area contributed by atoms with E-state index in [-0.39, 0.29) is 17.9 Å². The third-order valence-corrected chi connectivity index (χ3v) is 3.29. The standard InChI is InChI=1S/C14H10BrFO3/c15-11-4-2-1-3-10(11)8-19-13-6-5-9(14(17)18)7-12(13)16/h1-7H,8H2,(H,17,18). The van der Waals surface area contributed by atoms with Gasteiger partial charge in [0.15, 0.2) is 11.6 Å². The number of hydrogen-bond acceptors (Lipinski definition) is 2. The molecule has 0 radical (unpaired) electrons. The van der Waals surface area contributed by atoms with Crippen LogP contribution in [-0.2, 0) is 6.61 Å². The van der Waals surface area contributed by atoms with Gasteiger partial charge in [-0.05, 0) is 24.3 Å². The second-order valence-electron chi connectivity index (χ2n) is 3.83. The minimum absolute atomic E-state index is 0.0285. The predicted molar refractivity (Wildman–Crippen MR) is 71.8 cm³/mol. The summed E-state index contributed by atoms with van der Waals surface area (Å²) in [5, 5.41) is 8.73. The molecular weight excluding hydrogens is 315 g/mol. The van der Waals surface area contributed by atoms with Crippen LogP contribution in [0.3, 0.4) is 0 Å². The summed E-state index contributed by atoms with van der Waals surface area (Å²) in [7, 11) is 0. The smallest absolute Gasteiger partial charge is 0.335 e. The van der Waals surface area contributed by atoms with E-state index in [1.54, 1.807) is 0 Å². The number of ether oxygens (including phenoxy) is 1. The summed E-state index contributed by atoms with van der Waals surface area (Å²) < 4.78 is 19.8. The van der Waals surface area contributed by atoms with Gasteiger partial charge in [0, 0.05) is 10.0 Å². The number of halogens is 2. The summed E-state index contributed by atoms with van der Waals surface area (Å²) in [5.74, 6) is -1.83. The van der Waals surface area contributed by atoms with E-state index < -0.39 is 11.8 Å². The van der Waals surface area contributed by atoms with Crippen molar-refractivity contribution in [1.82, 2.24) is 0 Å². The molecule has 0 spiro atoms. The molecule has 0 saturated carbocycles. The molecule has 0 atom stereocenters. The molecule has 0 amide bonds. The van der Waals surface area contributed by atoms with E-state index in [2.05, 4.69) is 15.9 Å². The van der Waals surface area contributed by atoms with Crippen molar-refractivity contribution in [2.24, 2.45) is 0 Å². The quantitative estimate of drug-likeness (QED) is 0.928. The third kappa shape index (κ3) is 3.32. The average molecular weight is 325 g/mol. The van der Waals surface area contributed by atoms with Crippen molar-refractivity contribution >= 4 is 21.9 Å². The molecule has 0 aromatic heterocycles. The van der Waals surface area contributed by atoms with E-state index in [1.807, 2.05) is 24.3 Å². The summed E-state index contributed by atoms with van der Waals surface area (Å²) in [5.41, 5.74) is 0.773. The van der Waals surface area contributed by atoms with Crippen LogP contribution < -0.4 is 4.74 Å². The molecule has 0 aliphatic heterocycles. The van der Waals surface area contributed by atoms with Crippen LogP contribution in [0.15, 0.2) is 46.9 Å². The van der Waals surface area contributed by atoms with E-state index >= 15 is 0 Å². The normalized spacial score (nSPS) is 10.2. The maximum atomic E-state index is 13.6. The molecule has 98 valence electrons. The van der Waals surface area contributed by atoms with Gasteiger partial charge < -0.3 is 9.84 Å². The Morgan fingerprint density at radius 1 is 1.26 bits per heavy atom. The van der Waals surface area contributed by atoms with E-state index in [0.29, 0.717) is 0 Å². The molecule has 5 heteroatoms. The molecule has 0 bridgehead atoms. The van der Waals surface area contributed by atoms with Crippen LogP contribution >= 0.6 is 15.9 Å². The van der Waals surface area contributed by atoms with Gasteiger partial charge in [-0.2, -0.15) is 0 Å². The van der Waals surface area contributed by atoms with Crippen LogP contribution in [0.2, 0.25) is 0 Å². The first-order chi connectivity index (χ1) is 9.08. The highest BCUT2D eigenvalue weighted by molar-refractivity contribution is 9.10. The first-order valence-electron chi connectivity index (χ1n) is 5.47. The number of carboxylic acids is 1. The molecule has 1 N–H and O–H groups in total. The molecular formula is C14H10BrFO3. The fourth-order valence-electron chi connectivity index (χ4n) is 1.52. The lowest BCUT2D eigenvalue weighted by Crippen LogP contribution is -2.01. The number of benzene rings is 2. The SMILES string of the molecule is O=C(O)c1ccc(OCc2ccccc2Br)c(F)c1.